The summed E-state index contributed by atoms with van der Waals surface area (Å²) in [4.78, 5) is 4.04. The Morgan fingerprint density at radius 2 is 1.94 bits per heavy atom. The van der Waals surface area contributed by atoms with Crippen LogP contribution in [0.1, 0.15) is 12.5 Å². The summed E-state index contributed by atoms with van der Waals surface area (Å²) in [5.74, 6) is 0. The van der Waals surface area contributed by atoms with Gasteiger partial charge in [-0.25, -0.2) is 0 Å². The highest BCUT2D eigenvalue weighted by molar-refractivity contribution is 6.30. The predicted octanol–water partition coefficient (Wildman–Crippen LogP) is 3.51. The van der Waals surface area contributed by atoms with Crippen LogP contribution in [0.5, 0.6) is 0 Å². The van der Waals surface area contributed by atoms with Crippen LogP contribution in [-0.4, -0.2) is 11.5 Å². The first-order valence-electron chi connectivity index (χ1n) is 5.71. The van der Waals surface area contributed by atoms with E-state index >= 15 is 0 Å². The predicted molar refractivity (Wildman–Crippen MR) is 72.1 cm³/mol. The fourth-order valence-corrected chi connectivity index (χ4v) is 1.93. The van der Waals surface area contributed by atoms with Crippen molar-refractivity contribution in [1.29, 1.82) is 0 Å². The molecule has 88 valence electrons. The molecule has 1 heterocycles. The molecule has 0 unspecified atom stereocenters. The highest BCUT2D eigenvalue weighted by Gasteiger charge is 2.05. The molecule has 2 rings (SSSR count). The van der Waals surface area contributed by atoms with Crippen LogP contribution in [0.3, 0.4) is 0 Å². The third kappa shape index (κ3) is 3.05. The van der Waals surface area contributed by atoms with Crippen molar-refractivity contribution in [3.05, 3.63) is 53.3 Å². The Hall–Kier alpha value is -1.38. The lowest BCUT2D eigenvalue weighted by Crippen LogP contribution is -2.12. The Morgan fingerprint density at radius 3 is 2.65 bits per heavy atom. The molecule has 0 spiro atoms. The molecule has 17 heavy (non-hydrogen) atoms. The van der Waals surface area contributed by atoms with E-state index in [0.29, 0.717) is 0 Å². The molecule has 0 fully saturated rings. The van der Waals surface area contributed by atoms with Crippen LogP contribution in [0, 0.1) is 0 Å². The minimum absolute atomic E-state index is 0.761. The molecule has 1 aromatic carbocycles. The fraction of sp³-hybridized carbons (Fsp3) is 0.214. The molecular weight excluding hydrogens is 232 g/mol. The highest BCUT2D eigenvalue weighted by atomic mass is 35.5. The summed E-state index contributed by atoms with van der Waals surface area (Å²) in [5, 5.41) is 4.10. The van der Waals surface area contributed by atoms with Crippen LogP contribution in [0.4, 0.5) is 0 Å². The van der Waals surface area contributed by atoms with E-state index in [2.05, 4.69) is 23.3 Å². The zero-order valence-corrected chi connectivity index (χ0v) is 10.5. The van der Waals surface area contributed by atoms with Crippen molar-refractivity contribution in [3.8, 4) is 11.1 Å². The van der Waals surface area contributed by atoms with E-state index in [9.17, 15) is 0 Å². The molecule has 2 nitrogen and oxygen atoms in total. The average Bonchev–Trinajstić information content (AvgIpc) is 2.38. The van der Waals surface area contributed by atoms with Gasteiger partial charge in [-0.3, -0.25) is 4.98 Å². The molecule has 0 radical (unpaired) electrons. The number of pyridine rings is 1. The molecule has 1 N–H and O–H groups in total. The molecular formula is C14H15ClN2. The van der Waals surface area contributed by atoms with Crippen molar-refractivity contribution in [2.24, 2.45) is 0 Å². The maximum Gasteiger partial charge on any atom is 0.0412 e. The minimum atomic E-state index is 0.761. The van der Waals surface area contributed by atoms with Gasteiger partial charge in [-0.05, 0) is 47.5 Å². The number of halogens is 1. The van der Waals surface area contributed by atoms with Crippen molar-refractivity contribution >= 4 is 11.6 Å². The molecule has 0 aliphatic heterocycles. The summed E-state index contributed by atoms with van der Waals surface area (Å²) < 4.78 is 0. The van der Waals surface area contributed by atoms with Crippen LogP contribution >= 0.6 is 11.6 Å². The normalized spacial score (nSPS) is 10.5. The first kappa shape index (κ1) is 12.1. The zero-order chi connectivity index (χ0) is 12.1. The van der Waals surface area contributed by atoms with Crippen LogP contribution in [0.25, 0.3) is 11.1 Å². The second kappa shape index (κ2) is 5.80. The van der Waals surface area contributed by atoms with Gasteiger partial charge in [0.15, 0.2) is 0 Å². The number of hydrogen-bond acceptors (Lipinski definition) is 2. The summed E-state index contributed by atoms with van der Waals surface area (Å²) in [6.45, 7) is 3.91. The topological polar surface area (TPSA) is 24.9 Å². The second-order valence-corrected chi connectivity index (χ2v) is 4.25. The Morgan fingerprint density at radius 1 is 1.18 bits per heavy atom. The molecule has 0 aliphatic rings. The Bertz CT molecular complexity index is 483. The monoisotopic (exact) mass is 246 g/mol. The van der Waals surface area contributed by atoms with Crippen molar-refractivity contribution in [2.45, 2.75) is 13.5 Å². The Labute approximate surface area is 107 Å². The SMILES string of the molecule is CCNCc1ccc(Cl)cc1-c1ccncc1. The third-order valence-electron chi connectivity index (χ3n) is 2.63. The molecule has 0 saturated carbocycles. The maximum atomic E-state index is 6.06. The first-order chi connectivity index (χ1) is 8.31. The molecule has 0 amide bonds. The van der Waals surface area contributed by atoms with E-state index in [4.69, 9.17) is 11.6 Å². The summed E-state index contributed by atoms with van der Waals surface area (Å²) in [5.41, 5.74) is 3.57. The molecule has 0 bridgehead atoms. The lowest BCUT2D eigenvalue weighted by atomic mass is 10.0. The molecule has 0 saturated heterocycles. The summed E-state index contributed by atoms with van der Waals surface area (Å²) >= 11 is 6.06. The highest BCUT2D eigenvalue weighted by Crippen LogP contribution is 2.26. The van der Waals surface area contributed by atoms with E-state index in [1.54, 1.807) is 12.4 Å². The molecule has 3 heteroatoms. The lowest BCUT2D eigenvalue weighted by molar-refractivity contribution is 0.728. The lowest BCUT2D eigenvalue weighted by Gasteiger charge is -2.10. The van der Waals surface area contributed by atoms with Crippen LogP contribution in [0.2, 0.25) is 5.02 Å². The smallest absolute Gasteiger partial charge is 0.0412 e. The van der Waals surface area contributed by atoms with Crippen LogP contribution in [-0.2, 0) is 6.54 Å². The van der Waals surface area contributed by atoms with E-state index in [1.165, 1.54) is 11.1 Å². The van der Waals surface area contributed by atoms with Gasteiger partial charge in [0, 0.05) is 24.0 Å². The Kier molecular flexibility index (Phi) is 4.13. The third-order valence-corrected chi connectivity index (χ3v) is 2.86. The summed E-state index contributed by atoms with van der Waals surface area (Å²) in [6, 6.07) is 10.0. The number of benzene rings is 1. The zero-order valence-electron chi connectivity index (χ0n) is 9.78. The van der Waals surface area contributed by atoms with Gasteiger partial charge in [0.25, 0.3) is 0 Å². The van der Waals surface area contributed by atoms with Gasteiger partial charge < -0.3 is 5.32 Å². The fourth-order valence-electron chi connectivity index (χ4n) is 1.76. The summed E-state index contributed by atoms with van der Waals surface area (Å²) in [6.07, 6.45) is 3.60. The second-order valence-electron chi connectivity index (χ2n) is 3.82. The molecule has 0 atom stereocenters. The largest absolute Gasteiger partial charge is 0.313 e. The molecule has 1 aromatic heterocycles. The number of rotatable bonds is 4. The van der Waals surface area contributed by atoms with Crippen molar-refractivity contribution in [2.75, 3.05) is 6.54 Å². The van der Waals surface area contributed by atoms with Gasteiger partial charge >= 0.3 is 0 Å². The Balaban J connectivity index is 2.40. The standard InChI is InChI=1S/C14H15ClN2/c1-2-16-10-12-3-4-13(15)9-14(12)11-5-7-17-8-6-11/h3-9,16H,2,10H2,1H3. The maximum absolute atomic E-state index is 6.06. The van der Waals surface area contributed by atoms with Crippen molar-refractivity contribution in [1.82, 2.24) is 10.3 Å². The van der Waals surface area contributed by atoms with E-state index in [-0.39, 0.29) is 0 Å². The molecule has 2 aromatic rings. The summed E-state index contributed by atoms with van der Waals surface area (Å²) in [7, 11) is 0. The average molecular weight is 247 g/mol. The van der Waals surface area contributed by atoms with Crippen LogP contribution in [0.15, 0.2) is 42.7 Å². The number of hydrogen-bond donors (Lipinski definition) is 1. The van der Waals surface area contributed by atoms with Gasteiger partial charge in [-0.15, -0.1) is 0 Å². The number of aromatic nitrogens is 1. The van der Waals surface area contributed by atoms with Crippen molar-refractivity contribution < 1.29 is 0 Å². The van der Waals surface area contributed by atoms with Gasteiger partial charge in [0.1, 0.15) is 0 Å². The van der Waals surface area contributed by atoms with E-state index in [1.807, 2.05) is 24.3 Å². The van der Waals surface area contributed by atoms with Gasteiger partial charge in [-0.2, -0.15) is 0 Å². The van der Waals surface area contributed by atoms with E-state index in [0.717, 1.165) is 23.7 Å². The number of nitrogens with one attached hydrogen (secondary N) is 1. The first-order valence-corrected chi connectivity index (χ1v) is 6.08. The van der Waals surface area contributed by atoms with Gasteiger partial charge in [0.05, 0.1) is 0 Å². The molecule has 0 aliphatic carbocycles. The van der Waals surface area contributed by atoms with Gasteiger partial charge in [0.2, 0.25) is 0 Å². The minimum Gasteiger partial charge on any atom is -0.313 e. The van der Waals surface area contributed by atoms with Crippen molar-refractivity contribution in [3.63, 3.8) is 0 Å². The van der Waals surface area contributed by atoms with E-state index < -0.39 is 0 Å². The van der Waals surface area contributed by atoms with Gasteiger partial charge in [-0.1, -0.05) is 24.6 Å². The quantitative estimate of drug-likeness (QED) is 0.893. The number of nitrogens with zero attached hydrogens (tertiary/aromatic N) is 1. The van der Waals surface area contributed by atoms with Crippen LogP contribution < -0.4 is 5.32 Å².